The highest BCUT2D eigenvalue weighted by atomic mass is 16.2. The smallest absolute Gasteiger partial charge is 0.293 e. The Labute approximate surface area is 144 Å². The molecule has 2 aromatic heterocycles. The molecule has 3 aromatic rings. The van der Waals surface area contributed by atoms with Gasteiger partial charge in [-0.2, -0.15) is 10.2 Å². The van der Waals surface area contributed by atoms with Gasteiger partial charge in [0.1, 0.15) is 12.1 Å². The van der Waals surface area contributed by atoms with E-state index in [2.05, 4.69) is 22.1 Å². The van der Waals surface area contributed by atoms with Gasteiger partial charge in [-0.1, -0.05) is 24.3 Å². The highest BCUT2D eigenvalue weighted by Crippen LogP contribution is 2.19. The Balaban J connectivity index is 2.14. The minimum Gasteiger partial charge on any atom is -0.351 e. The molecule has 1 N–H and O–H groups in total. The van der Waals surface area contributed by atoms with Gasteiger partial charge in [0, 0.05) is 11.9 Å². The molecule has 3 rings (SSSR count). The maximum absolute atomic E-state index is 12.9. The van der Waals surface area contributed by atoms with Crippen molar-refractivity contribution >= 4 is 16.8 Å². The van der Waals surface area contributed by atoms with E-state index in [1.165, 1.54) is 4.68 Å². The van der Waals surface area contributed by atoms with E-state index in [-0.39, 0.29) is 18.0 Å². The Morgan fingerprint density at radius 3 is 2.80 bits per heavy atom. The normalized spacial score (nSPS) is 10.8. The minimum absolute atomic E-state index is 0.150. The van der Waals surface area contributed by atoms with E-state index in [4.69, 9.17) is 0 Å². The molecule has 0 saturated heterocycles. The molecule has 0 spiro atoms. The molecule has 0 radical (unpaired) electrons. The molecule has 1 aromatic carbocycles. The summed E-state index contributed by atoms with van der Waals surface area (Å²) in [5, 5.41) is 11.9. The van der Waals surface area contributed by atoms with Crippen molar-refractivity contribution in [3.63, 3.8) is 0 Å². The first-order chi connectivity index (χ1) is 12.0. The topological polar surface area (TPSA) is 81.8 Å². The molecule has 0 atom stereocenters. The van der Waals surface area contributed by atoms with E-state index in [1.54, 1.807) is 23.9 Å². The molecule has 7 nitrogen and oxygen atoms in total. The van der Waals surface area contributed by atoms with Crippen LogP contribution in [0.4, 0.5) is 0 Å². The van der Waals surface area contributed by atoms with Crippen LogP contribution in [0, 0.1) is 13.8 Å². The third kappa shape index (κ3) is 3.08. The lowest BCUT2D eigenvalue weighted by molar-refractivity contribution is -0.121. The molecule has 25 heavy (non-hydrogen) atoms. The molecule has 128 valence electrons. The second-order valence-electron chi connectivity index (χ2n) is 5.75. The SMILES string of the molecule is C=CCNC(=O)Cn1nc(C)c2cnn(-c3ccccc3C)c2c1=O. The van der Waals surface area contributed by atoms with E-state index in [9.17, 15) is 9.59 Å². The first kappa shape index (κ1) is 16.6. The number of para-hydroxylation sites is 1. The monoisotopic (exact) mass is 337 g/mol. The summed E-state index contributed by atoms with van der Waals surface area (Å²) in [5.41, 5.74) is 2.53. The summed E-state index contributed by atoms with van der Waals surface area (Å²) in [6.45, 7) is 7.49. The van der Waals surface area contributed by atoms with Gasteiger partial charge in [-0.05, 0) is 25.5 Å². The van der Waals surface area contributed by atoms with Crippen LogP contribution < -0.4 is 10.9 Å². The summed E-state index contributed by atoms with van der Waals surface area (Å²) in [6, 6.07) is 7.68. The molecule has 0 aliphatic carbocycles. The number of amides is 1. The van der Waals surface area contributed by atoms with E-state index in [0.29, 0.717) is 23.1 Å². The Kier molecular flexibility index (Phi) is 4.47. The van der Waals surface area contributed by atoms with Crippen LogP contribution in [0.1, 0.15) is 11.3 Å². The van der Waals surface area contributed by atoms with Crippen molar-refractivity contribution < 1.29 is 4.79 Å². The van der Waals surface area contributed by atoms with Crippen molar-refractivity contribution in [2.24, 2.45) is 0 Å². The first-order valence-electron chi connectivity index (χ1n) is 7.92. The summed E-state index contributed by atoms with van der Waals surface area (Å²) in [5.74, 6) is -0.296. The second-order valence-corrected chi connectivity index (χ2v) is 5.75. The number of carbonyl (C=O) groups excluding carboxylic acids is 1. The van der Waals surface area contributed by atoms with Gasteiger partial charge in [0.05, 0.1) is 17.6 Å². The quantitative estimate of drug-likeness (QED) is 0.715. The fourth-order valence-corrected chi connectivity index (χ4v) is 2.69. The van der Waals surface area contributed by atoms with Gasteiger partial charge in [0.2, 0.25) is 5.91 Å². The number of carbonyl (C=O) groups is 1. The zero-order valence-electron chi connectivity index (χ0n) is 14.2. The van der Waals surface area contributed by atoms with Crippen LogP contribution in [0.15, 0.2) is 47.9 Å². The third-order valence-electron chi connectivity index (χ3n) is 3.95. The maximum Gasteiger partial charge on any atom is 0.293 e. The largest absolute Gasteiger partial charge is 0.351 e. The summed E-state index contributed by atoms with van der Waals surface area (Å²) in [6.07, 6.45) is 3.21. The number of nitrogens with one attached hydrogen (secondary N) is 1. The molecule has 0 saturated carbocycles. The highest BCUT2D eigenvalue weighted by Gasteiger charge is 2.17. The van der Waals surface area contributed by atoms with Gasteiger partial charge < -0.3 is 5.32 Å². The average molecular weight is 337 g/mol. The Morgan fingerprint density at radius 1 is 1.32 bits per heavy atom. The van der Waals surface area contributed by atoms with Crippen LogP contribution in [0.5, 0.6) is 0 Å². The van der Waals surface area contributed by atoms with Crippen LogP contribution in [-0.4, -0.2) is 32.0 Å². The molecule has 2 heterocycles. The third-order valence-corrected chi connectivity index (χ3v) is 3.95. The van der Waals surface area contributed by atoms with Crippen LogP contribution in [0.3, 0.4) is 0 Å². The van der Waals surface area contributed by atoms with Gasteiger partial charge in [0.25, 0.3) is 5.56 Å². The summed E-state index contributed by atoms with van der Waals surface area (Å²) < 4.78 is 2.78. The van der Waals surface area contributed by atoms with Gasteiger partial charge in [-0.15, -0.1) is 6.58 Å². The predicted molar refractivity (Wildman–Crippen MR) is 95.8 cm³/mol. The van der Waals surface area contributed by atoms with E-state index in [0.717, 1.165) is 11.3 Å². The fourth-order valence-electron chi connectivity index (χ4n) is 2.69. The number of rotatable bonds is 5. The maximum atomic E-state index is 12.9. The number of fused-ring (bicyclic) bond motifs is 1. The predicted octanol–water partition coefficient (Wildman–Crippen LogP) is 1.50. The lowest BCUT2D eigenvalue weighted by Gasteiger charge is -2.10. The van der Waals surface area contributed by atoms with E-state index in [1.807, 2.05) is 31.2 Å². The molecule has 0 aliphatic rings. The lowest BCUT2D eigenvalue weighted by atomic mass is 10.2. The minimum atomic E-state index is -0.352. The van der Waals surface area contributed by atoms with Crippen LogP contribution in [-0.2, 0) is 11.3 Å². The second kappa shape index (κ2) is 6.72. The number of hydrogen-bond donors (Lipinski definition) is 1. The van der Waals surface area contributed by atoms with E-state index >= 15 is 0 Å². The Bertz CT molecular complexity index is 1020. The molecule has 0 fully saturated rings. The molecular formula is C18H19N5O2. The zero-order valence-corrected chi connectivity index (χ0v) is 14.2. The molecule has 7 heteroatoms. The summed E-state index contributed by atoms with van der Waals surface area (Å²) in [4.78, 5) is 24.8. The standard InChI is InChI=1S/C18H19N5O2/c1-4-9-19-16(24)11-22-18(25)17-14(13(3)21-22)10-20-23(17)15-8-6-5-7-12(15)2/h4-8,10H,1,9,11H2,2-3H3,(H,19,24). The summed E-state index contributed by atoms with van der Waals surface area (Å²) >= 11 is 0. The number of hydrogen-bond acceptors (Lipinski definition) is 4. The number of aryl methyl sites for hydroxylation is 2. The van der Waals surface area contributed by atoms with Gasteiger partial charge in [-0.3, -0.25) is 9.59 Å². The Hall–Kier alpha value is -3.22. The number of benzene rings is 1. The van der Waals surface area contributed by atoms with Crippen molar-refractivity contribution in [3.05, 3.63) is 64.7 Å². The average Bonchev–Trinajstić information content (AvgIpc) is 3.03. The first-order valence-corrected chi connectivity index (χ1v) is 7.92. The molecule has 0 bridgehead atoms. The fraction of sp³-hybridized carbons (Fsp3) is 0.222. The Morgan fingerprint density at radius 2 is 2.08 bits per heavy atom. The highest BCUT2D eigenvalue weighted by molar-refractivity contribution is 5.82. The van der Waals surface area contributed by atoms with Gasteiger partial charge in [0.15, 0.2) is 0 Å². The van der Waals surface area contributed by atoms with Crippen molar-refractivity contribution in [2.45, 2.75) is 20.4 Å². The van der Waals surface area contributed by atoms with Gasteiger partial charge in [-0.25, -0.2) is 9.36 Å². The summed E-state index contributed by atoms with van der Waals surface area (Å²) in [7, 11) is 0. The molecule has 0 aliphatic heterocycles. The lowest BCUT2D eigenvalue weighted by Crippen LogP contribution is -2.34. The molecular weight excluding hydrogens is 318 g/mol. The van der Waals surface area contributed by atoms with Crippen molar-refractivity contribution in [3.8, 4) is 5.69 Å². The van der Waals surface area contributed by atoms with Gasteiger partial charge >= 0.3 is 0 Å². The number of nitrogens with zero attached hydrogens (tertiary/aromatic N) is 4. The van der Waals surface area contributed by atoms with Crippen LogP contribution >= 0.6 is 0 Å². The van der Waals surface area contributed by atoms with Crippen molar-refractivity contribution in [1.29, 1.82) is 0 Å². The number of aromatic nitrogens is 4. The molecule has 1 amide bonds. The van der Waals surface area contributed by atoms with E-state index < -0.39 is 0 Å². The van der Waals surface area contributed by atoms with Crippen molar-refractivity contribution in [2.75, 3.05) is 6.54 Å². The zero-order chi connectivity index (χ0) is 18.0. The molecule has 0 unspecified atom stereocenters. The van der Waals surface area contributed by atoms with Crippen LogP contribution in [0.25, 0.3) is 16.6 Å². The van der Waals surface area contributed by atoms with Crippen LogP contribution in [0.2, 0.25) is 0 Å². The van der Waals surface area contributed by atoms with Crippen molar-refractivity contribution in [1.82, 2.24) is 24.9 Å².